The minimum absolute atomic E-state index is 0.321. The van der Waals surface area contributed by atoms with E-state index in [9.17, 15) is 9.90 Å². The smallest absolute Gasteiger partial charge is 0.308 e. The molecule has 4 N–H and O–H groups in total. The van der Waals surface area contributed by atoms with Crippen molar-refractivity contribution < 1.29 is 19.4 Å². The number of carbonyl (C=O) groups is 1. The zero-order valence-electron chi connectivity index (χ0n) is 18.6. The average Bonchev–Trinajstić information content (AvgIpc) is 2.74. The van der Waals surface area contributed by atoms with E-state index in [0.717, 1.165) is 50.0 Å². The summed E-state index contributed by atoms with van der Waals surface area (Å²) >= 11 is 12.1. The molecule has 176 valence electrons. The van der Waals surface area contributed by atoms with Gasteiger partial charge in [-0.2, -0.15) is 0 Å². The fraction of sp³-hybridized carbons (Fsp3) is 0.458. The monoisotopic (exact) mass is 482 g/mol. The number of rotatable bonds is 13. The van der Waals surface area contributed by atoms with E-state index >= 15 is 0 Å². The van der Waals surface area contributed by atoms with Crippen molar-refractivity contribution in [2.75, 3.05) is 25.4 Å². The zero-order chi connectivity index (χ0) is 23.5. The minimum Gasteiger partial charge on any atom is -0.494 e. The highest BCUT2D eigenvalue weighted by Gasteiger charge is 2.12. The fourth-order valence-corrected chi connectivity index (χ4v) is 3.84. The standard InChI is InChI=1S/C24H32Cl2N2O4/c1-3-31-19-9-10-23(32-16(2)29)17(12-19)8-6-4-5-7-11-28-15-22(30)18-13-20(25)24(27)21(26)14-18/h9-10,12-14,22,28,30H,3-8,11,15,27H2,1-2H3. The number of aliphatic hydroxyl groups excluding tert-OH is 1. The summed E-state index contributed by atoms with van der Waals surface area (Å²) in [7, 11) is 0. The van der Waals surface area contributed by atoms with Crippen LogP contribution in [0.25, 0.3) is 0 Å². The first kappa shape index (κ1) is 26.3. The van der Waals surface area contributed by atoms with Gasteiger partial charge in [0.25, 0.3) is 0 Å². The van der Waals surface area contributed by atoms with Gasteiger partial charge in [0.15, 0.2) is 0 Å². The van der Waals surface area contributed by atoms with Crippen LogP contribution in [0.1, 0.15) is 56.8 Å². The van der Waals surface area contributed by atoms with E-state index in [2.05, 4.69) is 5.32 Å². The molecule has 2 aromatic rings. The molecule has 0 aliphatic carbocycles. The van der Waals surface area contributed by atoms with Crippen molar-refractivity contribution in [2.45, 2.75) is 52.1 Å². The Kier molecular flexibility index (Phi) is 11.1. The fourth-order valence-electron chi connectivity index (χ4n) is 3.33. The summed E-state index contributed by atoms with van der Waals surface area (Å²) in [6.07, 6.45) is 4.18. The van der Waals surface area contributed by atoms with Crippen LogP contribution >= 0.6 is 23.2 Å². The predicted octanol–water partition coefficient (Wildman–Crippen LogP) is 5.33. The van der Waals surface area contributed by atoms with Crippen LogP contribution in [0.3, 0.4) is 0 Å². The molecule has 0 saturated carbocycles. The SMILES string of the molecule is CCOc1ccc(OC(C)=O)c(CCCCCCNCC(O)c2cc(Cl)c(N)c(Cl)c2)c1. The number of aryl methyl sites for hydroxylation is 1. The number of unbranched alkanes of at least 4 members (excludes halogenated alkanes) is 3. The summed E-state index contributed by atoms with van der Waals surface area (Å²) in [6.45, 7) is 5.14. The van der Waals surface area contributed by atoms with Gasteiger partial charge in [-0.15, -0.1) is 0 Å². The summed E-state index contributed by atoms with van der Waals surface area (Å²) < 4.78 is 10.9. The molecule has 0 aromatic heterocycles. The Labute approximate surface area is 200 Å². The Balaban J connectivity index is 1.69. The van der Waals surface area contributed by atoms with Crippen molar-refractivity contribution in [1.29, 1.82) is 0 Å². The zero-order valence-corrected chi connectivity index (χ0v) is 20.1. The molecule has 0 spiro atoms. The average molecular weight is 483 g/mol. The van der Waals surface area contributed by atoms with Gasteiger partial charge < -0.3 is 25.6 Å². The van der Waals surface area contributed by atoms with Gasteiger partial charge in [-0.1, -0.05) is 36.0 Å². The van der Waals surface area contributed by atoms with E-state index < -0.39 is 6.10 Å². The lowest BCUT2D eigenvalue weighted by molar-refractivity contribution is -0.131. The number of halogens is 2. The molecule has 0 radical (unpaired) electrons. The number of carbonyl (C=O) groups excluding carboxylic acids is 1. The van der Waals surface area contributed by atoms with Crippen molar-refractivity contribution in [3.05, 3.63) is 51.5 Å². The molecular formula is C24H32Cl2N2O4. The maximum absolute atomic E-state index is 11.3. The van der Waals surface area contributed by atoms with Crippen molar-refractivity contribution >= 4 is 34.9 Å². The first-order valence-electron chi connectivity index (χ1n) is 10.9. The van der Waals surface area contributed by atoms with Crippen LogP contribution in [0.15, 0.2) is 30.3 Å². The van der Waals surface area contributed by atoms with E-state index in [1.54, 1.807) is 18.2 Å². The minimum atomic E-state index is -0.706. The van der Waals surface area contributed by atoms with E-state index in [0.29, 0.717) is 40.2 Å². The summed E-state index contributed by atoms with van der Waals surface area (Å²) in [4.78, 5) is 11.3. The number of nitrogen functional groups attached to an aromatic ring is 1. The van der Waals surface area contributed by atoms with Gasteiger partial charge in [0.2, 0.25) is 0 Å². The molecule has 32 heavy (non-hydrogen) atoms. The van der Waals surface area contributed by atoms with E-state index in [4.69, 9.17) is 38.4 Å². The van der Waals surface area contributed by atoms with Gasteiger partial charge in [0.1, 0.15) is 11.5 Å². The van der Waals surface area contributed by atoms with Crippen LogP contribution in [0.4, 0.5) is 5.69 Å². The summed E-state index contributed by atoms with van der Waals surface area (Å²) in [5, 5.41) is 14.3. The molecule has 0 heterocycles. The van der Waals surface area contributed by atoms with Crippen LogP contribution in [-0.2, 0) is 11.2 Å². The Morgan fingerprint density at radius 2 is 1.81 bits per heavy atom. The third kappa shape index (κ3) is 8.51. The lowest BCUT2D eigenvalue weighted by atomic mass is 10.0. The molecule has 6 nitrogen and oxygen atoms in total. The molecule has 0 amide bonds. The molecule has 0 bridgehead atoms. The maximum atomic E-state index is 11.3. The number of aliphatic hydroxyl groups is 1. The number of esters is 1. The van der Waals surface area contributed by atoms with Gasteiger partial charge in [-0.25, -0.2) is 0 Å². The van der Waals surface area contributed by atoms with Crippen LogP contribution in [-0.4, -0.2) is 30.8 Å². The summed E-state index contributed by atoms with van der Waals surface area (Å²) in [5.41, 5.74) is 7.67. The lowest BCUT2D eigenvalue weighted by Crippen LogP contribution is -2.22. The Morgan fingerprint density at radius 3 is 2.47 bits per heavy atom. The van der Waals surface area contributed by atoms with Gasteiger partial charge >= 0.3 is 5.97 Å². The third-order valence-corrected chi connectivity index (χ3v) is 5.60. The highest BCUT2D eigenvalue weighted by atomic mass is 35.5. The second kappa shape index (κ2) is 13.5. The van der Waals surface area contributed by atoms with Gasteiger partial charge in [-0.3, -0.25) is 4.79 Å². The van der Waals surface area contributed by atoms with Crippen LogP contribution in [0.2, 0.25) is 10.0 Å². The molecule has 0 aliphatic heterocycles. The van der Waals surface area contributed by atoms with Crippen LogP contribution in [0.5, 0.6) is 11.5 Å². The number of anilines is 1. The number of nitrogens with two attached hydrogens (primary N) is 1. The number of benzene rings is 2. The van der Waals surface area contributed by atoms with Gasteiger partial charge in [-0.05, 0) is 74.2 Å². The Hall–Kier alpha value is -1.99. The predicted molar refractivity (Wildman–Crippen MR) is 130 cm³/mol. The highest BCUT2D eigenvalue weighted by molar-refractivity contribution is 6.38. The second-order valence-corrected chi connectivity index (χ2v) is 8.39. The van der Waals surface area contributed by atoms with Crippen molar-refractivity contribution in [2.24, 2.45) is 0 Å². The molecule has 0 fully saturated rings. The van der Waals surface area contributed by atoms with Gasteiger partial charge in [0, 0.05) is 13.5 Å². The second-order valence-electron chi connectivity index (χ2n) is 7.58. The molecule has 0 saturated heterocycles. The largest absolute Gasteiger partial charge is 0.494 e. The molecule has 8 heteroatoms. The quantitative estimate of drug-likeness (QED) is 0.154. The van der Waals surface area contributed by atoms with Crippen LogP contribution in [0, 0.1) is 0 Å². The third-order valence-electron chi connectivity index (χ3n) is 4.97. The number of hydrogen-bond donors (Lipinski definition) is 3. The summed E-state index contributed by atoms with van der Waals surface area (Å²) in [6, 6.07) is 8.83. The Morgan fingerprint density at radius 1 is 1.12 bits per heavy atom. The molecule has 2 rings (SSSR count). The number of hydrogen-bond acceptors (Lipinski definition) is 6. The highest BCUT2D eigenvalue weighted by Crippen LogP contribution is 2.31. The molecular weight excluding hydrogens is 451 g/mol. The number of ether oxygens (including phenoxy) is 2. The first-order valence-corrected chi connectivity index (χ1v) is 11.6. The van der Waals surface area contributed by atoms with E-state index in [-0.39, 0.29) is 5.97 Å². The van der Waals surface area contributed by atoms with Gasteiger partial charge in [0.05, 0.1) is 28.4 Å². The van der Waals surface area contributed by atoms with Crippen molar-refractivity contribution in [3.8, 4) is 11.5 Å². The summed E-state index contributed by atoms with van der Waals surface area (Å²) in [5.74, 6) is 1.05. The Bertz CT molecular complexity index is 869. The lowest BCUT2D eigenvalue weighted by Gasteiger charge is -2.14. The molecule has 1 unspecified atom stereocenters. The topological polar surface area (TPSA) is 93.8 Å². The van der Waals surface area contributed by atoms with Crippen molar-refractivity contribution in [3.63, 3.8) is 0 Å². The maximum Gasteiger partial charge on any atom is 0.308 e. The number of nitrogens with one attached hydrogen (secondary N) is 1. The van der Waals surface area contributed by atoms with Crippen LogP contribution < -0.4 is 20.5 Å². The molecule has 0 aliphatic rings. The molecule has 1 atom stereocenters. The van der Waals surface area contributed by atoms with Crippen molar-refractivity contribution in [1.82, 2.24) is 5.32 Å². The normalized spacial score (nSPS) is 11.9. The first-order chi connectivity index (χ1) is 15.3. The van der Waals surface area contributed by atoms with E-state index in [1.807, 2.05) is 19.1 Å². The van der Waals surface area contributed by atoms with E-state index in [1.165, 1.54) is 6.92 Å². The molecule has 2 aromatic carbocycles.